The Morgan fingerprint density at radius 3 is 2.63 bits per heavy atom. The fourth-order valence-corrected chi connectivity index (χ4v) is 4.63. The standard InChI is InChI=1S/C26H30N4O2.C2H7N/c1-18-25(31-17-20-2-3-20)7-5-23-24(29-32-26(18)23)6-4-19-9-12-30(13-10-19)16-22-14-21(15-27)8-11-28-22;1-3-2/h5,7-8,11,14,19-20H,2-4,6,9-10,12-13,16-17H2,1H3;3H,1-2H3. The second-order valence-corrected chi connectivity index (χ2v) is 9.85. The Labute approximate surface area is 208 Å². The molecule has 1 aliphatic carbocycles. The Morgan fingerprint density at radius 2 is 1.91 bits per heavy atom. The van der Waals surface area contributed by atoms with Crippen molar-refractivity contribution in [2.75, 3.05) is 33.8 Å². The average Bonchev–Trinajstić information content (AvgIpc) is 3.61. The number of piperidine rings is 1. The van der Waals surface area contributed by atoms with Gasteiger partial charge in [-0.2, -0.15) is 5.26 Å². The highest BCUT2D eigenvalue weighted by Crippen LogP contribution is 2.34. The lowest BCUT2D eigenvalue weighted by molar-refractivity contribution is 0.170. The van der Waals surface area contributed by atoms with E-state index in [2.05, 4.69) is 45.5 Å². The van der Waals surface area contributed by atoms with E-state index in [1.165, 1.54) is 25.7 Å². The fraction of sp³-hybridized carbons (Fsp3) is 0.536. The van der Waals surface area contributed by atoms with Crippen LogP contribution in [0.5, 0.6) is 5.75 Å². The van der Waals surface area contributed by atoms with Crippen molar-refractivity contribution in [3.05, 3.63) is 53.0 Å². The van der Waals surface area contributed by atoms with E-state index >= 15 is 0 Å². The van der Waals surface area contributed by atoms with Crippen LogP contribution in [-0.2, 0) is 13.0 Å². The van der Waals surface area contributed by atoms with Gasteiger partial charge in [0.2, 0.25) is 0 Å². The van der Waals surface area contributed by atoms with Gasteiger partial charge < -0.3 is 14.6 Å². The molecule has 186 valence electrons. The van der Waals surface area contributed by atoms with E-state index in [9.17, 15) is 0 Å². The van der Waals surface area contributed by atoms with Crippen LogP contribution in [0.3, 0.4) is 0 Å². The minimum Gasteiger partial charge on any atom is -0.493 e. The molecule has 1 aromatic carbocycles. The van der Waals surface area contributed by atoms with Gasteiger partial charge >= 0.3 is 0 Å². The lowest BCUT2D eigenvalue weighted by Crippen LogP contribution is -2.33. The predicted octanol–water partition coefficient (Wildman–Crippen LogP) is 4.87. The molecule has 1 saturated heterocycles. The van der Waals surface area contributed by atoms with Crippen molar-refractivity contribution in [3.63, 3.8) is 0 Å². The number of ether oxygens (including phenoxy) is 1. The molecule has 2 fully saturated rings. The molecular formula is C28H37N5O2. The van der Waals surface area contributed by atoms with E-state index in [4.69, 9.17) is 14.5 Å². The third-order valence-electron chi connectivity index (χ3n) is 6.91. The number of aromatic nitrogens is 2. The monoisotopic (exact) mass is 475 g/mol. The van der Waals surface area contributed by atoms with Crippen molar-refractivity contribution in [2.24, 2.45) is 11.8 Å². The third kappa shape index (κ3) is 6.81. The summed E-state index contributed by atoms with van der Waals surface area (Å²) in [6, 6.07) is 10.0. The molecule has 1 saturated carbocycles. The molecule has 7 heteroatoms. The number of fused-ring (bicyclic) bond motifs is 1. The Morgan fingerprint density at radius 1 is 1.14 bits per heavy atom. The number of nitrogens with zero attached hydrogens (tertiary/aromatic N) is 4. The Bertz CT molecular complexity index is 1140. The van der Waals surface area contributed by atoms with Gasteiger partial charge in [0.15, 0.2) is 5.58 Å². The van der Waals surface area contributed by atoms with Crippen LogP contribution in [0.4, 0.5) is 0 Å². The summed E-state index contributed by atoms with van der Waals surface area (Å²) in [5.41, 5.74) is 4.66. The van der Waals surface area contributed by atoms with Crippen LogP contribution in [0.25, 0.3) is 11.0 Å². The van der Waals surface area contributed by atoms with Crippen molar-refractivity contribution in [2.45, 2.75) is 52.0 Å². The molecule has 0 bridgehead atoms. The molecule has 1 aliphatic heterocycles. The first kappa shape index (κ1) is 25.2. The highest BCUT2D eigenvalue weighted by atomic mass is 16.5. The second-order valence-electron chi connectivity index (χ2n) is 9.85. The lowest BCUT2D eigenvalue weighted by Gasteiger charge is -2.31. The predicted molar refractivity (Wildman–Crippen MR) is 137 cm³/mol. The zero-order valence-corrected chi connectivity index (χ0v) is 21.2. The van der Waals surface area contributed by atoms with Crippen LogP contribution >= 0.6 is 0 Å². The van der Waals surface area contributed by atoms with Crippen molar-refractivity contribution >= 4 is 11.0 Å². The summed E-state index contributed by atoms with van der Waals surface area (Å²) >= 11 is 0. The van der Waals surface area contributed by atoms with Crippen molar-refractivity contribution < 1.29 is 9.26 Å². The zero-order valence-electron chi connectivity index (χ0n) is 21.2. The van der Waals surface area contributed by atoms with Crippen LogP contribution < -0.4 is 10.1 Å². The van der Waals surface area contributed by atoms with E-state index in [1.807, 2.05) is 20.2 Å². The number of hydrogen-bond donors (Lipinski definition) is 1. The number of hydrogen-bond acceptors (Lipinski definition) is 7. The number of nitrogens with one attached hydrogen (secondary N) is 1. The molecule has 2 aliphatic rings. The van der Waals surface area contributed by atoms with E-state index < -0.39 is 0 Å². The average molecular weight is 476 g/mol. The van der Waals surface area contributed by atoms with Gasteiger partial charge in [-0.15, -0.1) is 0 Å². The number of rotatable bonds is 8. The van der Waals surface area contributed by atoms with Crippen LogP contribution in [0.1, 0.15) is 54.6 Å². The first-order valence-corrected chi connectivity index (χ1v) is 12.8. The molecule has 0 amide bonds. The van der Waals surface area contributed by atoms with E-state index in [-0.39, 0.29) is 0 Å². The second kappa shape index (κ2) is 12.1. The normalized spacial score (nSPS) is 16.5. The Kier molecular flexibility index (Phi) is 8.73. The van der Waals surface area contributed by atoms with Gasteiger partial charge in [0.05, 0.1) is 29.6 Å². The number of nitriles is 1. The minimum absolute atomic E-state index is 0.682. The van der Waals surface area contributed by atoms with Gasteiger partial charge in [-0.05, 0) is 109 Å². The maximum Gasteiger partial charge on any atom is 0.173 e. The van der Waals surface area contributed by atoms with Gasteiger partial charge in [-0.25, -0.2) is 0 Å². The van der Waals surface area contributed by atoms with E-state index in [0.717, 1.165) is 78.7 Å². The largest absolute Gasteiger partial charge is 0.493 e. The quantitative estimate of drug-likeness (QED) is 0.497. The number of benzene rings is 1. The highest BCUT2D eigenvalue weighted by Gasteiger charge is 2.24. The molecular weight excluding hydrogens is 438 g/mol. The topological polar surface area (TPSA) is 87.2 Å². The fourth-order valence-electron chi connectivity index (χ4n) is 4.63. The molecule has 5 rings (SSSR count). The van der Waals surface area contributed by atoms with Crippen molar-refractivity contribution in [3.8, 4) is 11.8 Å². The van der Waals surface area contributed by atoms with Gasteiger partial charge in [0.1, 0.15) is 5.75 Å². The van der Waals surface area contributed by atoms with Crippen LogP contribution in [0, 0.1) is 30.1 Å². The molecule has 2 aromatic heterocycles. The smallest absolute Gasteiger partial charge is 0.173 e. The number of likely N-dealkylation sites (tertiary alicyclic amines) is 1. The maximum atomic E-state index is 9.07. The van der Waals surface area contributed by atoms with Gasteiger partial charge in [-0.3, -0.25) is 9.88 Å². The third-order valence-corrected chi connectivity index (χ3v) is 6.91. The molecule has 7 nitrogen and oxygen atoms in total. The maximum absolute atomic E-state index is 9.07. The SMILES string of the molecule is CNC.Cc1c(OCC2CC2)ccc2c(CCC3CCN(Cc4cc(C#N)ccn4)CC3)noc12. The molecule has 0 spiro atoms. The lowest BCUT2D eigenvalue weighted by atomic mass is 9.91. The van der Waals surface area contributed by atoms with Crippen molar-refractivity contribution in [1.82, 2.24) is 20.4 Å². The molecule has 0 radical (unpaired) electrons. The molecule has 3 aromatic rings. The summed E-state index contributed by atoms with van der Waals surface area (Å²) in [7, 11) is 3.75. The van der Waals surface area contributed by atoms with Gasteiger partial charge in [-0.1, -0.05) is 5.16 Å². The number of aryl methyl sites for hydroxylation is 2. The summed E-state index contributed by atoms with van der Waals surface area (Å²) in [4.78, 5) is 6.86. The Hall–Kier alpha value is -2.95. The molecule has 0 unspecified atom stereocenters. The summed E-state index contributed by atoms with van der Waals surface area (Å²) < 4.78 is 11.7. The number of pyridine rings is 1. The summed E-state index contributed by atoms with van der Waals surface area (Å²) in [6.07, 6.45) is 8.77. The minimum atomic E-state index is 0.682. The first-order valence-electron chi connectivity index (χ1n) is 12.8. The summed E-state index contributed by atoms with van der Waals surface area (Å²) in [5.74, 6) is 2.37. The highest BCUT2D eigenvalue weighted by molar-refractivity contribution is 5.84. The van der Waals surface area contributed by atoms with Crippen LogP contribution in [0.15, 0.2) is 35.0 Å². The van der Waals surface area contributed by atoms with Crippen LogP contribution in [-0.4, -0.2) is 48.8 Å². The van der Waals surface area contributed by atoms with Crippen molar-refractivity contribution in [1.29, 1.82) is 5.26 Å². The molecule has 3 heterocycles. The zero-order chi connectivity index (χ0) is 24.6. The van der Waals surface area contributed by atoms with E-state index in [0.29, 0.717) is 11.5 Å². The molecule has 0 atom stereocenters. The van der Waals surface area contributed by atoms with Crippen LogP contribution in [0.2, 0.25) is 0 Å². The van der Waals surface area contributed by atoms with E-state index in [1.54, 1.807) is 12.3 Å². The molecule has 1 N–H and O–H groups in total. The van der Waals surface area contributed by atoms with Gasteiger partial charge in [0.25, 0.3) is 0 Å². The Balaban J connectivity index is 0.000000917. The van der Waals surface area contributed by atoms with Gasteiger partial charge in [0, 0.05) is 23.7 Å². The first-order chi connectivity index (χ1) is 17.1. The molecule has 35 heavy (non-hydrogen) atoms. The summed E-state index contributed by atoms with van der Waals surface area (Å²) in [6.45, 7) is 5.84. The summed E-state index contributed by atoms with van der Waals surface area (Å²) in [5, 5.41) is 17.3.